The Morgan fingerprint density at radius 3 is 2.00 bits per heavy atom. The molecule has 1 amide bonds. The Morgan fingerprint density at radius 2 is 1.45 bits per heavy atom. The number of benzene rings is 3. The smallest absolute Gasteiger partial charge is 0.416 e. The summed E-state index contributed by atoms with van der Waals surface area (Å²) in [4.78, 5) is 14.3. The van der Waals surface area contributed by atoms with Crippen molar-refractivity contribution in [2.45, 2.75) is 44.1 Å². The van der Waals surface area contributed by atoms with E-state index >= 15 is 13.2 Å². The number of halogens is 6. The van der Waals surface area contributed by atoms with Gasteiger partial charge in [-0.2, -0.15) is 26.3 Å². The first-order valence-corrected chi connectivity index (χ1v) is 12.5. The molecule has 1 heterocycles. The lowest BCUT2D eigenvalue weighted by molar-refractivity contribution is -0.191. The zero-order valence-corrected chi connectivity index (χ0v) is 21.8. The molecular weight excluding hydrogens is 536 g/mol. The van der Waals surface area contributed by atoms with Crippen LogP contribution in [0, 0.1) is 6.92 Å². The second-order valence-corrected chi connectivity index (χ2v) is 9.53. The van der Waals surface area contributed by atoms with Crippen molar-refractivity contribution in [3.05, 3.63) is 95.6 Å². The number of hydrogen-bond acceptors (Lipinski definition) is 3. The van der Waals surface area contributed by atoms with E-state index in [9.17, 15) is 18.0 Å². The molecule has 1 unspecified atom stereocenters. The standard InChI is InChI=1S/C30H27F6NO3/c1-20-4-6-21(7-5-20)22-18-27(38)37(24-10-14-25(39-2)15-11-24)28(19-22,30(34,35)36)23-8-12-26(13-9-23)40-17-3-16-29(31,32)33/h4-15,18H,3,16-17,19H2,1-2H3. The lowest BCUT2D eigenvalue weighted by Gasteiger charge is -2.47. The van der Waals surface area contributed by atoms with Gasteiger partial charge in [0.2, 0.25) is 0 Å². The number of nitrogens with zero attached hydrogens (tertiary/aromatic N) is 1. The van der Waals surface area contributed by atoms with Crippen LogP contribution in [0.15, 0.2) is 78.9 Å². The highest BCUT2D eigenvalue weighted by atomic mass is 19.4. The molecule has 40 heavy (non-hydrogen) atoms. The zero-order chi connectivity index (χ0) is 29.1. The summed E-state index contributed by atoms with van der Waals surface area (Å²) in [5.41, 5.74) is -1.35. The van der Waals surface area contributed by atoms with Crippen LogP contribution < -0.4 is 14.4 Å². The number of hydrogen-bond donors (Lipinski definition) is 0. The van der Waals surface area contributed by atoms with Crippen LogP contribution in [0.4, 0.5) is 32.0 Å². The minimum absolute atomic E-state index is 0.0230. The van der Waals surface area contributed by atoms with E-state index in [0.717, 1.165) is 10.5 Å². The van der Waals surface area contributed by atoms with E-state index in [1.807, 2.05) is 6.92 Å². The third-order valence-electron chi connectivity index (χ3n) is 6.77. The average Bonchev–Trinajstić information content (AvgIpc) is 2.90. The van der Waals surface area contributed by atoms with Crippen LogP contribution in [0.5, 0.6) is 11.5 Å². The van der Waals surface area contributed by atoms with Crippen molar-refractivity contribution in [2.24, 2.45) is 0 Å². The van der Waals surface area contributed by atoms with Crippen molar-refractivity contribution in [1.82, 2.24) is 0 Å². The molecule has 0 bridgehead atoms. The molecule has 0 aromatic heterocycles. The van der Waals surface area contributed by atoms with E-state index in [-0.39, 0.29) is 35.6 Å². The predicted octanol–water partition coefficient (Wildman–Crippen LogP) is 8.00. The Hall–Kier alpha value is -3.95. The van der Waals surface area contributed by atoms with E-state index in [1.165, 1.54) is 61.7 Å². The maximum absolute atomic E-state index is 15.4. The second kappa shape index (κ2) is 11.3. The van der Waals surface area contributed by atoms with Gasteiger partial charge in [-0.1, -0.05) is 42.0 Å². The van der Waals surface area contributed by atoms with Crippen LogP contribution in [-0.4, -0.2) is 32.0 Å². The Balaban J connectivity index is 1.78. The number of carbonyl (C=O) groups is 1. The normalized spacial score (nSPS) is 17.9. The predicted molar refractivity (Wildman–Crippen MR) is 139 cm³/mol. The largest absolute Gasteiger partial charge is 0.497 e. The van der Waals surface area contributed by atoms with Gasteiger partial charge < -0.3 is 9.47 Å². The van der Waals surface area contributed by atoms with Gasteiger partial charge >= 0.3 is 12.4 Å². The summed E-state index contributed by atoms with van der Waals surface area (Å²) in [5.74, 6) is -0.318. The van der Waals surface area contributed by atoms with Crippen LogP contribution >= 0.6 is 0 Å². The van der Waals surface area contributed by atoms with Crippen LogP contribution in [-0.2, 0) is 10.3 Å². The van der Waals surface area contributed by atoms with Crippen LogP contribution in [0.3, 0.4) is 0 Å². The molecule has 0 radical (unpaired) electrons. The molecule has 1 aliphatic heterocycles. The van der Waals surface area contributed by atoms with Crippen molar-refractivity contribution in [3.63, 3.8) is 0 Å². The third-order valence-corrected chi connectivity index (χ3v) is 6.77. The highest BCUT2D eigenvalue weighted by molar-refractivity contribution is 6.09. The number of amides is 1. The van der Waals surface area contributed by atoms with Crippen molar-refractivity contribution in [1.29, 1.82) is 0 Å². The lowest BCUT2D eigenvalue weighted by Crippen LogP contribution is -2.60. The van der Waals surface area contributed by atoms with Crippen LogP contribution in [0.2, 0.25) is 0 Å². The summed E-state index contributed by atoms with van der Waals surface area (Å²) in [6.45, 7) is 1.60. The highest BCUT2D eigenvalue weighted by Crippen LogP contribution is 2.53. The van der Waals surface area contributed by atoms with E-state index < -0.39 is 36.6 Å². The summed E-state index contributed by atoms with van der Waals surface area (Å²) in [7, 11) is 1.42. The molecule has 4 rings (SSSR count). The van der Waals surface area contributed by atoms with Gasteiger partial charge in [0.15, 0.2) is 5.54 Å². The minimum atomic E-state index is -4.93. The molecule has 0 N–H and O–H groups in total. The quantitative estimate of drug-likeness (QED) is 0.206. The molecule has 4 nitrogen and oxygen atoms in total. The fourth-order valence-electron chi connectivity index (χ4n) is 4.75. The average molecular weight is 564 g/mol. The Bertz CT molecular complexity index is 1350. The molecule has 0 aliphatic carbocycles. The summed E-state index contributed by atoms with van der Waals surface area (Å²) >= 11 is 0. The first-order chi connectivity index (χ1) is 18.8. The summed E-state index contributed by atoms with van der Waals surface area (Å²) in [6.07, 6.45) is -9.92. The number of methoxy groups -OCH3 is 1. The molecule has 1 aliphatic rings. The van der Waals surface area contributed by atoms with Crippen LogP contribution in [0.25, 0.3) is 5.57 Å². The van der Waals surface area contributed by atoms with Gasteiger partial charge in [-0.15, -0.1) is 0 Å². The minimum Gasteiger partial charge on any atom is -0.497 e. The van der Waals surface area contributed by atoms with E-state index in [2.05, 4.69) is 0 Å². The van der Waals surface area contributed by atoms with Crippen molar-refractivity contribution in [2.75, 3.05) is 18.6 Å². The maximum Gasteiger partial charge on any atom is 0.416 e. The van der Waals surface area contributed by atoms with Gasteiger partial charge in [0, 0.05) is 24.6 Å². The number of rotatable bonds is 8. The summed E-state index contributed by atoms with van der Waals surface area (Å²) < 4.78 is 93.8. The molecule has 0 spiro atoms. The summed E-state index contributed by atoms with van der Waals surface area (Å²) in [5, 5.41) is 0. The monoisotopic (exact) mass is 563 g/mol. The van der Waals surface area contributed by atoms with Gasteiger partial charge in [-0.05, 0) is 66.4 Å². The fraction of sp³-hybridized carbons (Fsp3) is 0.300. The maximum atomic E-state index is 15.4. The summed E-state index contributed by atoms with van der Waals surface area (Å²) in [6, 6.07) is 17.6. The first-order valence-electron chi connectivity index (χ1n) is 12.5. The molecule has 0 saturated heterocycles. The molecule has 3 aromatic rings. The van der Waals surface area contributed by atoms with Crippen molar-refractivity contribution in [3.8, 4) is 11.5 Å². The highest BCUT2D eigenvalue weighted by Gasteiger charge is 2.63. The fourth-order valence-corrected chi connectivity index (χ4v) is 4.75. The molecule has 0 saturated carbocycles. The molecule has 1 atom stereocenters. The number of carbonyl (C=O) groups excluding carboxylic acids is 1. The molecule has 0 fully saturated rings. The Labute approximate surface area is 227 Å². The second-order valence-electron chi connectivity index (χ2n) is 9.53. The number of ether oxygens (including phenoxy) is 2. The van der Waals surface area contributed by atoms with Gasteiger partial charge in [0.25, 0.3) is 5.91 Å². The Morgan fingerprint density at radius 1 is 0.850 bits per heavy atom. The lowest BCUT2D eigenvalue weighted by atomic mass is 9.76. The van der Waals surface area contributed by atoms with Gasteiger partial charge in [0.05, 0.1) is 13.7 Å². The third kappa shape index (κ3) is 6.11. The topological polar surface area (TPSA) is 38.8 Å². The van der Waals surface area contributed by atoms with Crippen molar-refractivity contribution >= 4 is 17.2 Å². The van der Waals surface area contributed by atoms with Gasteiger partial charge in [-0.25, -0.2) is 0 Å². The van der Waals surface area contributed by atoms with Gasteiger partial charge in [-0.3, -0.25) is 9.69 Å². The van der Waals surface area contributed by atoms with Crippen molar-refractivity contribution < 1.29 is 40.6 Å². The number of aryl methyl sites for hydroxylation is 1. The number of anilines is 1. The SMILES string of the molecule is COc1ccc(N2C(=O)C=C(c3ccc(C)cc3)CC2(c2ccc(OCCCC(F)(F)F)cc2)C(F)(F)F)cc1. The van der Waals surface area contributed by atoms with E-state index in [4.69, 9.17) is 9.47 Å². The molecule has 10 heteroatoms. The molecular formula is C30H27F6NO3. The van der Waals surface area contributed by atoms with E-state index in [0.29, 0.717) is 11.3 Å². The van der Waals surface area contributed by atoms with Crippen LogP contribution in [0.1, 0.15) is 36.0 Å². The molecule has 3 aromatic carbocycles. The zero-order valence-electron chi connectivity index (χ0n) is 21.8. The van der Waals surface area contributed by atoms with Gasteiger partial charge in [0.1, 0.15) is 11.5 Å². The first kappa shape index (κ1) is 29.0. The Kier molecular flexibility index (Phi) is 8.18. The van der Waals surface area contributed by atoms with E-state index in [1.54, 1.807) is 24.3 Å². The number of alkyl halides is 6. The molecule has 212 valence electrons.